The van der Waals surface area contributed by atoms with Crippen molar-refractivity contribution in [3.05, 3.63) is 30.1 Å². The summed E-state index contributed by atoms with van der Waals surface area (Å²) in [6, 6.07) is 3.34. The van der Waals surface area contributed by atoms with Crippen LogP contribution in [0.4, 0.5) is 0 Å². The fraction of sp³-hybridized carbons (Fsp3) is 0.375. The van der Waals surface area contributed by atoms with E-state index in [1.54, 1.807) is 31.5 Å². The first-order valence-electron chi connectivity index (χ1n) is 4.17. The Bertz CT molecular complexity index is 323. The zero-order chi connectivity index (χ0) is 10.6. The lowest BCUT2D eigenvalue weighted by atomic mass is 10.1. The minimum absolute atomic E-state index is 0.495. The molecule has 1 heterocycles. The van der Waals surface area contributed by atoms with Gasteiger partial charge in [0, 0.05) is 12.4 Å². The second-order valence-electron chi connectivity index (χ2n) is 2.77. The summed E-state index contributed by atoms with van der Waals surface area (Å²) in [7, 11) is -4.42. The molecule has 0 aliphatic heterocycles. The molecule has 2 N–H and O–H groups in total. The highest BCUT2D eigenvalue weighted by Gasteiger charge is 2.21. The van der Waals surface area contributed by atoms with E-state index in [1.165, 1.54) is 0 Å². The largest absolute Gasteiger partial charge is 0.470 e. The maximum atomic E-state index is 10.6. The van der Waals surface area contributed by atoms with Gasteiger partial charge in [0.25, 0.3) is 0 Å². The van der Waals surface area contributed by atoms with Gasteiger partial charge >= 0.3 is 7.82 Å². The van der Waals surface area contributed by atoms with Crippen LogP contribution in [-0.2, 0) is 9.09 Å². The summed E-state index contributed by atoms with van der Waals surface area (Å²) in [6.07, 6.45) is 3.02. The molecule has 0 radical (unpaired) electrons. The highest BCUT2D eigenvalue weighted by atomic mass is 31.2. The lowest BCUT2D eigenvalue weighted by molar-refractivity contribution is 0.131. The van der Waals surface area contributed by atoms with Crippen LogP contribution in [0.3, 0.4) is 0 Å². The van der Waals surface area contributed by atoms with Crippen LogP contribution in [-0.4, -0.2) is 14.8 Å². The van der Waals surface area contributed by atoms with Crippen molar-refractivity contribution >= 4 is 7.82 Å². The molecule has 0 saturated heterocycles. The minimum Gasteiger partial charge on any atom is -0.303 e. The quantitative estimate of drug-likeness (QED) is 0.749. The molecule has 1 aromatic heterocycles. The molecule has 0 aliphatic rings. The lowest BCUT2D eigenvalue weighted by Gasteiger charge is -2.16. The van der Waals surface area contributed by atoms with Gasteiger partial charge in [-0.25, -0.2) is 4.57 Å². The summed E-state index contributed by atoms with van der Waals surface area (Å²) in [5.74, 6) is 0. The van der Waals surface area contributed by atoms with Gasteiger partial charge < -0.3 is 9.79 Å². The van der Waals surface area contributed by atoms with Gasteiger partial charge in [0.1, 0.15) is 0 Å². The number of pyridine rings is 1. The van der Waals surface area contributed by atoms with E-state index in [0.29, 0.717) is 12.0 Å². The van der Waals surface area contributed by atoms with E-state index in [-0.39, 0.29) is 0 Å². The number of phosphoric acid groups is 1. The Kier molecular flexibility index (Phi) is 3.77. The van der Waals surface area contributed by atoms with Crippen LogP contribution in [0.15, 0.2) is 24.5 Å². The van der Waals surface area contributed by atoms with E-state index in [9.17, 15) is 4.57 Å². The molecule has 1 atom stereocenters. The Morgan fingerprint density at radius 2 is 2.07 bits per heavy atom. The number of hydrogen-bond acceptors (Lipinski definition) is 3. The molecule has 0 amide bonds. The highest BCUT2D eigenvalue weighted by Crippen LogP contribution is 2.43. The average molecular weight is 217 g/mol. The van der Waals surface area contributed by atoms with Crippen LogP contribution >= 0.6 is 7.82 Å². The van der Waals surface area contributed by atoms with Crippen molar-refractivity contribution in [3.8, 4) is 0 Å². The van der Waals surface area contributed by atoms with E-state index < -0.39 is 13.9 Å². The van der Waals surface area contributed by atoms with Crippen molar-refractivity contribution in [1.29, 1.82) is 0 Å². The van der Waals surface area contributed by atoms with Crippen LogP contribution in [0.2, 0.25) is 0 Å². The van der Waals surface area contributed by atoms with Gasteiger partial charge in [0.05, 0.1) is 6.10 Å². The summed E-state index contributed by atoms with van der Waals surface area (Å²) in [5.41, 5.74) is 0.714. The predicted molar refractivity (Wildman–Crippen MR) is 50.4 cm³/mol. The topological polar surface area (TPSA) is 79.7 Å². The standard InChI is InChI=1S/C8H12NO4P/c1-2-8(13-14(10,11)12)7-3-5-9-6-4-7/h3-6,8H,2H2,1H3,(H2,10,11,12). The first-order chi connectivity index (χ1) is 6.53. The maximum Gasteiger partial charge on any atom is 0.470 e. The van der Waals surface area contributed by atoms with Gasteiger partial charge in [-0.1, -0.05) is 6.92 Å². The van der Waals surface area contributed by atoms with Crippen LogP contribution in [0.1, 0.15) is 25.0 Å². The third-order valence-electron chi connectivity index (χ3n) is 1.71. The van der Waals surface area contributed by atoms with Crippen molar-refractivity contribution in [1.82, 2.24) is 4.98 Å². The fourth-order valence-electron chi connectivity index (χ4n) is 1.11. The third kappa shape index (κ3) is 3.55. The van der Waals surface area contributed by atoms with Gasteiger partial charge in [0.2, 0.25) is 0 Å². The lowest BCUT2D eigenvalue weighted by Crippen LogP contribution is -2.01. The molecule has 1 unspecified atom stereocenters. The first-order valence-corrected chi connectivity index (χ1v) is 5.70. The summed E-state index contributed by atoms with van der Waals surface area (Å²) >= 11 is 0. The molecule has 1 rings (SSSR count). The minimum atomic E-state index is -4.42. The fourth-order valence-corrected chi connectivity index (χ4v) is 1.72. The maximum absolute atomic E-state index is 10.6. The van der Waals surface area contributed by atoms with E-state index in [2.05, 4.69) is 9.51 Å². The van der Waals surface area contributed by atoms with Gasteiger partial charge in [0.15, 0.2) is 0 Å². The summed E-state index contributed by atoms with van der Waals surface area (Å²) in [6.45, 7) is 1.79. The molecule has 0 aromatic carbocycles. The molecule has 0 saturated carbocycles. The number of phosphoric ester groups is 1. The van der Waals surface area contributed by atoms with Crippen LogP contribution in [0.25, 0.3) is 0 Å². The molecular weight excluding hydrogens is 205 g/mol. The Morgan fingerprint density at radius 3 is 2.50 bits per heavy atom. The summed E-state index contributed by atoms with van der Waals surface area (Å²) in [4.78, 5) is 21.1. The van der Waals surface area contributed by atoms with Crippen molar-refractivity contribution < 1.29 is 18.9 Å². The number of hydrogen-bond donors (Lipinski definition) is 2. The average Bonchev–Trinajstić information content (AvgIpc) is 2.14. The van der Waals surface area contributed by atoms with E-state index in [0.717, 1.165) is 0 Å². The molecule has 0 spiro atoms. The molecule has 6 heteroatoms. The van der Waals surface area contributed by atoms with Crippen LogP contribution < -0.4 is 0 Å². The normalized spacial score (nSPS) is 13.9. The SMILES string of the molecule is CCC(OP(=O)(O)O)c1ccncc1. The monoisotopic (exact) mass is 217 g/mol. The summed E-state index contributed by atoms with van der Waals surface area (Å²) < 4.78 is 15.2. The Morgan fingerprint density at radius 1 is 1.50 bits per heavy atom. The molecular formula is C8H12NO4P. The second kappa shape index (κ2) is 4.66. The second-order valence-corrected chi connectivity index (χ2v) is 3.97. The number of rotatable bonds is 4. The van der Waals surface area contributed by atoms with Gasteiger partial charge in [-0.05, 0) is 24.1 Å². The van der Waals surface area contributed by atoms with E-state index in [4.69, 9.17) is 9.79 Å². The molecule has 14 heavy (non-hydrogen) atoms. The molecule has 0 bridgehead atoms. The Balaban J connectivity index is 2.78. The third-order valence-corrected chi connectivity index (χ3v) is 2.24. The first kappa shape index (κ1) is 11.3. The van der Waals surface area contributed by atoms with Gasteiger partial charge in [-0.15, -0.1) is 0 Å². The zero-order valence-electron chi connectivity index (χ0n) is 7.70. The van der Waals surface area contributed by atoms with Gasteiger partial charge in [-0.2, -0.15) is 0 Å². The van der Waals surface area contributed by atoms with Crippen molar-refractivity contribution in [2.24, 2.45) is 0 Å². The van der Waals surface area contributed by atoms with Crippen molar-refractivity contribution in [3.63, 3.8) is 0 Å². The number of aromatic nitrogens is 1. The van der Waals surface area contributed by atoms with Gasteiger partial charge in [-0.3, -0.25) is 9.51 Å². The zero-order valence-corrected chi connectivity index (χ0v) is 8.59. The smallest absolute Gasteiger partial charge is 0.303 e. The molecule has 78 valence electrons. The van der Waals surface area contributed by atoms with Crippen molar-refractivity contribution in [2.75, 3.05) is 0 Å². The van der Waals surface area contributed by atoms with E-state index >= 15 is 0 Å². The summed E-state index contributed by atoms with van der Waals surface area (Å²) in [5, 5.41) is 0. The number of nitrogens with zero attached hydrogens (tertiary/aromatic N) is 1. The van der Waals surface area contributed by atoms with Crippen LogP contribution in [0.5, 0.6) is 0 Å². The van der Waals surface area contributed by atoms with E-state index in [1.807, 2.05) is 0 Å². The highest BCUT2D eigenvalue weighted by molar-refractivity contribution is 7.46. The molecule has 0 fully saturated rings. The molecule has 5 nitrogen and oxygen atoms in total. The molecule has 0 aliphatic carbocycles. The molecule has 1 aromatic rings. The Labute approximate surface area is 82.0 Å². The Hall–Kier alpha value is -0.740. The predicted octanol–water partition coefficient (Wildman–Crippen LogP) is 1.64. The van der Waals surface area contributed by atoms with Crippen molar-refractivity contribution in [2.45, 2.75) is 19.4 Å². The van der Waals surface area contributed by atoms with Crippen LogP contribution in [0, 0.1) is 0 Å².